The Kier molecular flexibility index (Phi) is 7.55. The van der Waals surface area contributed by atoms with Gasteiger partial charge in [0.1, 0.15) is 17.3 Å². The minimum Gasteiger partial charge on any atom is -0.465 e. The third kappa shape index (κ3) is 5.03. The number of fused-ring (bicyclic) bond motifs is 1. The van der Waals surface area contributed by atoms with Crippen molar-refractivity contribution < 1.29 is 27.9 Å². The van der Waals surface area contributed by atoms with Crippen molar-refractivity contribution in [3.05, 3.63) is 113 Å². The number of carbonyl (C=O) groups excluding carboxylic acids is 2. The average molecular weight is 581 g/mol. The van der Waals surface area contributed by atoms with Gasteiger partial charge >= 0.3 is 11.9 Å². The molecule has 2 aromatic heterocycles. The van der Waals surface area contributed by atoms with E-state index in [9.17, 15) is 18.8 Å². The van der Waals surface area contributed by atoms with E-state index in [1.165, 1.54) is 35.9 Å². The van der Waals surface area contributed by atoms with Gasteiger partial charge in [0.05, 0.1) is 46.1 Å². The minimum absolute atomic E-state index is 0.145. The molecule has 0 radical (unpaired) electrons. The molecule has 0 saturated carbocycles. The Hall–Kier alpha value is -4.28. The Morgan fingerprint density at radius 3 is 2.60 bits per heavy atom. The molecule has 1 aliphatic heterocycles. The number of rotatable bonds is 6. The number of halogens is 2. The van der Waals surface area contributed by atoms with Gasteiger partial charge in [-0.3, -0.25) is 9.36 Å². The van der Waals surface area contributed by atoms with Crippen LogP contribution in [-0.4, -0.2) is 30.2 Å². The number of furan rings is 1. The zero-order chi connectivity index (χ0) is 28.6. The maximum absolute atomic E-state index is 13.7. The lowest BCUT2D eigenvalue weighted by atomic mass is 9.96. The number of esters is 2. The molecule has 0 spiro atoms. The molecule has 1 atom stereocenters. The maximum atomic E-state index is 13.7. The van der Waals surface area contributed by atoms with E-state index in [2.05, 4.69) is 4.99 Å². The average Bonchev–Trinajstić information content (AvgIpc) is 3.52. The fraction of sp³-hybridized carbons (Fsp3) is 0.172. The van der Waals surface area contributed by atoms with Gasteiger partial charge < -0.3 is 13.9 Å². The van der Waals surface area contributed by atoms with Crippen LogP contribution in [0.25, 0.3) is 17.4 Å². The number of aromatic nitrogens is 1. The summed E-state index contributed by atoms with van der Waals surface area (Å²) >= 11 is 7.26. The van der Waals surface area contributed by atoms with Crippen molar-refractivity contribution in [2.45, 2.75) is 19.9 Å². The van der Waals surface area contributed by atoms with Crippen LogP contribution in [0, 0.1) is 5.82 Å². The smallest absolute Gasteiger partial charge is 0.339 e. The standard InChI is InChI=1S/C29H22ClFN2O6S/c1-4-38-28(36)24-15(2)32-29-33(25(24)16-5-8-18(31)9-6-16)26(34)23(40-29)14-19-10-12-22(39-19)17-7-11-21(30)20(13-17)27(35)37-3/h5-14,25H,4H2,1-3H3/b23-14-/t25-/m1/s1. The van der Waals surface area contributed by atoms with Gasteiger partial charge in [-0.15, -0.1) is 0 Å². The SMILES string of the molecule is CCOC(=O)C1=C(C)N=c2s/c(=C\c3ccc(-c4ccc(Cl)c(C(=O)OC)c4)o3)c(=O)n2[C@@H]1c1ccc(F)cc1. The first-order valence-electron chi connectivity index (χ1n) is 12.1. The van der Waals surface area contributed by atoms with E-state index >= 15 is 0 Å². The Balaban J connectivity index is 1.60. The van der Waals surface area contributed by atoms with Crippen molar-refractivity contribution in [1.29, 1.82) is 0 Å². The Bertz CT molecular complexity index is 1850. The molecule has 0 saturated heterocycles. The Morgan fingerprint density at radius 1 is 1.15 bits per heavy atom. The molecule has 0 fully saturated rings. The van der Waals surface area contributed by atoms with Crippen LogP contribution in [0.5, 0.6) is 0 Å². The number of benzene rings is 2. The topological polar surface area (TPSA) is 100 Å². The zero-order valence-electron chi connectivity index (χ0n) is 21.6. The van der Waals surface area contributed by atoms with Crippen molar-refractivity contribution in [3.63, 3.8) is 0 Å². The lowest BCUT2D eigenvalue weighted by Gasteiger charge is -2.24. The van der Waals surface area contributed by atoms with Gasteiger partial charge in [0.25, 0.3) is 5.56 Å². The van der Waals surface area contributed by atoms with Gasteiger partial charge in [0, 0.05) is 11.6 Å². The summed E-state index contributed by atoms with van der Waals surface area (Å²) in [6.45, 7) is 3.51. The lowest BCUT2D eigenvalue weighted by molar-refractivity contribution is -0.139. The number of ether oxygens (including phenoxy) is 2. The molecule has 0 aliphatic carbocycles. The first-order valence-corrected chi connectivity index (χ1v) is 13.3. The van der Waals surface area contributed by atoms with Crippen LogP contribution >= 0.6 is 22.9 Å². The summed E-state index contributed by atoms with van der Waals surface area (Å²) < 4.78 is 31.4. The van der Waals surface area contributed by atoms with Crippen molar-refractivity contribution >= 4 is 41.0 Å². The predicted octanol–water partition coefficient (Wildman–Crippen LogP) is 4.64. The summed E-state index contributed by atoms with van der Waals surface area (Å²) in [4.78, 5) is 43.6. The summed E-state index contributed by atoms with van der Waals surface area (Å²) in [6.07, 6.45) is 1.58. The lowest BCUT2D eigenvalue weighted by Crippen LogP contribution is -2.39. The van der Waals surface area contributed by atoms with Crippen molar-refractivity contribution in [1.82, 2.24) is 4.57 Å². The van der Waals surface area contributed by atoms with Crippen LogP contribution < -0.4 is 14.9 Å². The van der Waals surface area contributed by atoms with Gasteiger partial charge in [-0.2, -0.15) is 0 Å². The van der Waals surface area contributed by atoms with Crippen molar-refractivity contribution in [2.75, 3.05) is 13.7 Å². The number of hydrogen-bond donors (Lipinski definition) is 0. The van der Waals surface area contributed by atoms with Crippen LogP contribution in [0.15, 0.2) is 80.1 Å². The molecule has 0 N–H and O–H groups in total. The molecule has 4 aromatic rings. The second-order valence-electron chi connectivity index (χ2n) is 8.74. The van der Waals surface area contributed by atoms with E-state index in [0.29, 0.717) is 37.7 Å². The fourth-order valence-corrected chi connectivity index (χ4v) is 5.63. The molecule has 2 aromatic carbocycles. The Morgan fingerprint density at radius 2 is 1.90 bits per heavy atom. The molecule has 40 heavy (non-hydrogen) atoms. The second kappa shape index (κ2) is 11.1. The highest BCUT2D eigenvalue weighted by Crippen LogP contribution is 2.31. The van der Waals surface area contributed by atoms with Crippen molar-refractivity contribution in [3.8, 4) is 11.3 Å². The normalized spacial score (nSPS) is 15.0. The molecule has 1 aliphatic rings. The molecule has 0 unspecified atom stereocenters. The molecule has 0 bridgehead atoms. The van der Waals surface area contributed by atoms with E-state index in [4.69, 9.17) is 25.5 Å². The molecule has 5 rings (SSSR count). The summed E-state index contributed by atoms with van der Waals surface area (Å²) in [5.74, 6) is -0.784. The highest BCUT2D eigenvalue weighted by molar-refractivity contribution is 7.07. The number of carbonyl (C=O) groups is 2. The highest BCUT2D eigenvalue weighted by Gasteiger charge is 2.33. The van der Waals surface area contributed by atoms with Gasteiger partial charge in [0.15, 0.2) is 4.80 Å². The predicted molar refractivity (Wildman–Crippen MR) is 147 cm³/mol. The summed E-state index contributed by atoms with van der Waals surface area (Å²) in [5, 5.41) is 0.247. The van der Waals surface area contributed by atoms with E-state index in [1.807, 2.05) is 0 Å². The minimum atomic E-state index is -0.851. The van der Waals surface area contributed by atoms with Crippen LogP contribution in [0.3, 0.4) is 0 Å². The van der Waals surface area contributed by atoms with Gasteiger partial charge in [-0.25, -0.2) is 19.0 Å². The maximum Gasteiger partial charge on any atom is 0.339 e. The van der Waals surface area contributed by atoms with Crippen molar-refractivity contribution in [2.24, 2.45) is 4.99 Å². The fourth-order valence-electron chi connectivity index (χ4n) is 4.41. The van der Waals surface area contributed by atoms with Gasteiger partial charge in [-0.1, -0.05) is 35.1 Å². The quantitative estimate of drug-likeness (QED) is 0.308. The number of methoxy groups -OCH3 is 1. The Labute approximate surface area is 236 Å². The van der Waals surface area contributed by atoms with Gasteiger partial charge in [-0.05, 0) is 61.9 Å². The van der Waals surface area contributed by atoms with Crippen LogP contribution in [0.4, 0.5) is 4.39 Å². The highest BCUT2D eigenvalue weighted by atomic mass is 35.5. The number of hydrogen-bond acceptors (Lipinski definition) is 8. The first kappa shape index (κ1) is 27.3. The number of allylic oxidation sites excluding steroid dienone is 1. The molecule has 0 amide bonds. The summed E-state index contributed by atoms with van der Waals surface area (Å²) in [6, 6.07) is 13.0. The second-order valence-corrected chi connectivity index (χ2v) is 10.2. The van der Waals surface area contributed by atoms with Crippen LogP contribution in [-0.2, 0) is 14.3 Å². The molecule has 204 valence electrons. The number of nitrogens with zero attached hydrogens (tertiary/aromatic N) is 2. The van der Waals surface area contributed by atoms with Crippen LogP contribution in [0.2, 0.25) is 5.02 Å². The third-order valence-electron chi connectivity index (χ3n) is 6.26. The first-order chi connectivity index (χ1) is 19.2. The largest absolute Gasteiger partial charge is 0.465 e. The number of thiazole rings is 1. The molecular formula is C29H22ClFN2O6S. The zero-order valence-corrected chi connectivity index (χ0v) is 23.1. The molecular weight excluding hydrogens is 559 g/mol. The van der Waals surface area contributed by atoms with E-state index in [1.54, 1.807) is 50.3 Å². The van der Waals surface area contributed by atoms with Crippen LogP contribution in [0.1, 0.15) is 41.6 Å². The van der Waals surface area contributed by atoms with E-state index in [0.717, 1.165) is 11.3 Å². The monoisotopic (exact) mass is 580 g/mol. The molecule has 11 heteroatoms. The van der Waals surface area contributed by atoms with E-state index < -0.39 is 29.4 Å². The summed E-state index contributed by atoms with van der Waals surface area (Å²) in [5.41, 5.74) is 1.54. The van der Waals surface area contributed by atoms with E-state index in [-0.39, 0.29) is 22.8 Å². The van der Waals surface area contributed by atoms with Gasteiger partial charge in [0.2, 0.25) is 0 Å². The third-order valence-corrected chi connectivity index (χ3v) is 7.57. The summed E-state index contributed by atoms with van der Waals surface area (Å²) in [7, 11) is 1.27. The molecule has 8 nitrogen and oxygen atoms in total. The molecule has 3 heterocycles.